The number of aliphatic carboxylic acids is 1. The highest BCUT2D eigenvalue weighted by Crippen LogP contribution is 2.28. The monoisotopic (exact) mass is 292 g/mol. The molecular weight excluding hydrogens is 272 g/mol. The lowest BCUT2D eigenvalue weighted by Gasteiger charge is -2.34. The van der Waals surface area contributed by atoms with Crippen LogP contribution in [0.15, 0.2) is 0 Å². The Balaban J connectivity index is 2.70. The van der Waals surface area contributed by atoms with Crippen LogP contribution in [0.1, 0.15) is 32.1 Å². The Labute approximate surface area is 113 Å². The number of sulfonamides is 1. The number of carboxylic acid groups (broad SMARTS) is 1. The summed E-state index contributed by atoms with van der Waals surface area (Å²) in [5, 5.41) is 11.8. The zero-order valence-electron chi connectivity index (χ0n) is 11.2. The molecule has 1 saturated carbocycles. The first-order chi connectivity index (χ1) is 8.67. The Bertz CT molecular complexity index is 454. The van der Waals surface area contributed by atoms with Crippen molar-refractivity contribution in [3.63, 3.8) is 0 Å². The molecule has 0 aromatic rings. The summed E-state index contributed by atoms with van der Waals surface area (Å²) in [5.74, 6) is -1.64. The fourth-order valence-electron chi connectivity index (χ4n) is 2.17. The van der Waals surface area contributed by atoms with Crippen LogP contribution in [0, 0.1) is 0 Å². The van der Waals surface area contributed by atoms with Crippen LogP contribution >= 0.6 is 0 Å². The average Bonchev–Trinajstić information content (AvgIpc) is 2.28. The number of carboxylic acids is 1. The molecule has 0 aromatic heterocycles. The Morgan fingerprint density at radius 1 is 1.26 bits per heavy atom. The molecule has 2 N–H and O–H groups in total. The lowest BCUT2D eigenvalue weighted by Crippen LogP contribution is -2.57. The van der Waals surface area contributed by atoms with Gasteiger partial charge in [-0.25, -0.2) is 13.2 Å². The molecular formula is C11H20N2O5S. The zero-order chi connectivity index (χ0) is 14.7. The third-order valence-corrected chi connectivity index (χ3v) is 4.69. The second-order valence-corrected chi connectivity index (χ2v) is 7.10. The largest absolute Gasteiger partial charge is 0.480 e. The Morgan fingerprint density at radius 2 is 1.79 bits per heavy atom. The van der Waals surface area contributed by atoms with Crippen LogP contribution in [0.5, 0.6) is 0 Å². The standard InChI is InChI=1S/C11H20N2O5S/c1-13(19(2,17)18)8-9(14)12-11(10(15)16)6-4-3-5-7-11/h3-8H2,1-2H3,(H,12,14)(H,15,16). The summed E-state index contributed by atoms with van der Waals surface area (Å²) >= 11 is 0. The van der Waals surface area contributed by atoms with E-state index in [9.17, 15) is 23.1 Å². The number of nitrogens with one attached hydrogen (secondary N) is 1. The molecule has 0 unspecified atom stereocenters. The minimum atomic E-state index is -3.45. The van der Waals surface area contributed by atoms with Crippen LogP contribution in [0.3, 0.4) is 0 Å². The van der Waals surface area contributed by atoms with Crippen LogP contribution in [0.2, 0.25) is 0 Å². The van der Waals surface area contributed by atoms with Gasteiger partial charge in [0.25, 0.3) is 0 Å². The number of carbonyl (C=O) groups is 2. The molecule has 8 heteroatoms. The van der Waals surface area contributed by atoms with E-state index in [1.165, 1.54) is 7.05 Å². The smallest absolute Gasteiger partial charge is 0.329 e. The molecule has 0 aliphatic heterocycles. The second-order valence-electron chi connectivity index (χ2n) is 5.02. The highest BCUT2D eigenvalue weighted by atomic mass is 32.2. The number of carbonyl (C=O) groups excluding carboxylic acids is 1. The van der Waals surface area contributed by atoms with Crippen LogP contribution in [0.25, 0.3) is 0 Å². The first kappa shape index (κ1) is 15.9. The van der Waals surface area contributed by atoms with E-state index in [4.69, 9.17) is 0 Å². The summed E-state index contributed by atoms with van der Waals surface area (Å²) < 4.78 is 23.3. The van der Waals surface area contributed by atoms with Gasteiger partial charge in [-0.1, -0.05) is 19.3 Å². The van der Waals surface area contributed by atoms with Crippen LogP contribution < -0.4 is 5.32 Å². The van der Waals surface area contributed by atoms with Gasteiger partial charge in [-0.05, 0) is 12.8 Å². The van der Waals surface area contributed by atoms with Gasteiger partial charge in [0, 0.05) is 7.05 Å². The van der Waals surface area contributed by atoms with E-state index in [-0.39, 0.29) is 6.54 Å². The molecule has 19 heavy (non-hydrogen) atoms. The molecule has 1 aliphatic carbocycles. The molecule has 1 rings (SSSR count). The molecule has 0 saturated heterocycles. The quantitative estimate of drug-likeness (QED) is 0.729. The molecule has 110 valence electrons. The van der Waals surface area contributed by atoms with Gasteiger partial charge in [-0.15, -0.1) is 0 Å². The van der Waals surface area contributed by atoms with Crippen LogP contribution in [0.4, 0.5) is 0 Å². The van der Waals surface area contributed by atoms with Crippen molar-refractivity contribution in [3.8, 4) is 0 Å². The van der Waals surface area contributed by atoms with Crippen molar-refractivity contribution in [2.24, 2.45) is 0 Å². The molecule has 1 fully saturated rings. The van der Waals surface area contributed by atoms with Gasteiger partial charge < -0.3 is 10.4 Å². The van der Waals surface area contributed by atoms with Gasteiger partial charge in [0.2, 0.25) is 15.9 Å². The maximum atomic E-state index is 11.8. The van der Waals surface area contributed by atoms with Crippen molar-refractivity contribution in [2.75, 3.05) is 19.8 Å². The molecule has 0 heterocycles. The Morgan fingerprint density at radius 3 is 2.21 bits per heavy atom. The van der Waals surface area contributed by atoms with E-state index in [0.29, 0.717) is 12.8 Å². The predicted octanol–water partition coefficient (Wildman–Crippen LogP) is -0.218. The van der Waals surface area contributed by atoms with Gasteiger partial charge in [0.05, 0.1) is 12.8 Å². The lowest BCUT2D eigenvalue weighted by molar-refractivity contribution is -0.149. The first-order valence-electron chi connectivity index (χ1n) is 6.13. The summed E-state index contributed by atoms with van der Waals surface area (Å²) in [6, 6.07) is 0. The maximum Gasteiger partial charge on any atom is 0.329 e. The third-order valence-electron chi connectivity index (χ3n) is 3.43. The SMILES string of the molecule is CN(CC(=O)NC1(C(=O)O)CCCCC1)S(C)(=O)=O. The van der Waals surface area contributed by atoms with E-state index in [0.717, 1.165) is 29.8 Å². The molecule has 1 amide bonds. The van der Waals surface area contributed by atoms with Crippen molar-refractivity contribution < 1.29 is 23.1 Å². The molecule has 0 aromatic carbocycles. The number of nitrogens with zero attached hydrogens (tertiary/aromatic N) is 1. The molecule has 0 radical (unpaired) electrons. The highest BCUT2D eigenvalue weighted by Gasteiger charge is 2.41. The summed E-state index contributed by atoms with van der Waals surface area (Å²) in [6.07, 6.45) is 4.21. The summed E-state index contributed by atoms with van der Waals surface area (Å²) in [4.78, 5) is 23.1. The van der Waals surface area contributed by atoms with Crippen molar-refractivity contribution in [1.82, 2.24) is 9.62 Å². The summed E-state index contributed by atoms with van der Waals surface area (Å²) in [6.45, 7) is -0.367. The lowest BCUT2D eigenvalue weighted by atomic mass is 9.81. The van der Waals surface area contributed by atoms with Crippen molar-refractivity contribution >= 4 is 21.9 Å². The van der Waals surface area contributed by atoms with Gasteiger partial charge in [-0.2, -0.15) is 4.31 Å². The van der Waals surface area contributed by atoms with Crippen LogP contribution in [-0.2, 0) is 19.6 Å². The summed E-state index contributed by atoms with van der Waals surface area (Å²) in [5.41, 5.74) is -1.24. The van der Waals surface area contributed by atoms with Crippen LogP contribution in [-0.4, -0.2) is 55.1 Å². The highest BCUT2D eigenvalue weighted by molar-refractivity contribution is 7.88. The van der Waals surface area contributed by atoms with Gasteiger partial charge in [0.1, 0.15) is 5.54 Å². The maximum absolute atomic E-state index is 11.8. The van der Waals surface area contributed by atoms with E-state index in [1.807, 2.05) is 0 Å². The fraction of sp³-hybridized carbons (Fsp3) is 0.818. The molecule has 0 atom stereocenters. The minimum absolute atomic E-state index is 0.367. The first-order valence-corrected chi connectivity index (χ1v) is 7.98. The number of rotatable bonds is 5. The molecule has 0 bridgehead atoms. The zero-order valence-corrected chi connectivity index (χ0v) is 12.0. The fourth-order valence-corrected chi connectivity index (χ4v) is 2.53. The topological polar surface area (TPSA) is 104 Å². The number of hydrogen-bond acceptors (Lipinski definition) is 4. The van der Waals surface area contributed by atoms with Crippen molar-refractivity contribution in [3.05, 3.63) is 0 Å². The minimum Gasteiger partial charge on any atom is -0.480 e. The third kappa shape index (κ3) is 4.17. The van der Waals surface area contributed by atoms with E-state index in [2.05, 4.69) is 5.32 Å². The Hall–Kier alpha value is -1.15. The van der Waals surface area contributed by atoms with Crippen molar-refractivity contribution in [2.45, 2.75) is 37.6 Å². The molecule has 7 nitrogen and oxygen atoms in total. The Kier molecular flexibility index (Phi) is 4.92. The van der Waals surface area contributed by atoms with Gasteiger partial charge in [-0.3, -0.25) is 4.79 Å². The van der Waals surface area contributed by atoms with E-state index < -0.39 is 27.4 Å². The normalized spacial score (nSPS) is 19.1. The average molecular weight is 292 g/mol. The van der Waals surface area contributed by atoms with Crippen molar-refractivity contribution in [1.29, 1.82) is 0 Å². The predicted molar refractivity (Wildman–Crippen MR) is 69.1 cm³/mol. The molecule has 1 aliphatic rings. The molecule has 0 spiro atoms. The van der Waals surface area contributed by atoms with E-state index in [1.54, 1.807) is 0 Å². The number of hydrogen-bond donors (Lipinski definition) is 2. The summed E-state index contributed by atoms with van der Waals surface area (Å²) in [7, 11) is -2.17. The van der Waals surface area contributed by atoms with Gasteiger partial charge >= 0.3 is 5.97 Å². The van der Waals surface area contributed by atoms with Gasteiger partial charge in [0.15, 0.2) is 0 Å². The van der Waals surface area contributed by atoms with E-state index >= 15 is 0 Å². The number of amides is 1. The number of likely N-dealkylation sites (N-methyl/N-ethyl adjacent to an activating group) is 1. The second kappa shape index (κ2) is 5.87.